The van der Waals surface area contributed by atoms with Crippen molar-refractivity contribution in [3.05, 3.63) is 40.1 Å². The molecule has 3 aliphatic rings. The van der Waals surface area contributed by atoms with E-state index in [0.29, 0.717) is 11.8 Å². The third-order valence-corrected chi connectivity index (χ3v) is 10.2. The number of aromatic nitrogens is 2. The Balaban J connectivity index is 0.000000196. The van der Waals surface area contributed by atoms with Gasteiger partial charge in [0, 0.05) is 33.5 Å². The summed E-state index contributed by atoms with van der Waals surface area (Å²) >= 11 is 3.31. The van der Waals surface area contributed by atoms with Crippen molar-refractivity contribution >= 4 is 42.5 Å². The molecular weight excluding hydrogens is 653 g/mol. The molecule has 0 unspecified atom stereocenters. The van der Waals surface area contributed by atoms with Crippen LogP contribution in [-0.2, 0) is 27.9 Å². The van der Waals surface area contributed by atoms with Gasteiger partial charge in [-0.1, -0.05) is 6.07 Å². The molecule has 0 bridgehead atoms. The molecule has 0 radical (unpaired) electrons. The van der Waals surface area contributed by atoms with Gasteiger partial charge < -0.3 is 37.4 Å². The van der Waals surface area contributed by atoms with Gasteiger partial charge in [-0.2, -0.15) is 0 Å². The van der Waals surface area contributed by atoms with E-state index in [-0.39, 0.29) is 40.7 Å². The molecule has 3 fully saturated rings. The molecule has 0 amide bonds. The maximum absolute atomic E-state index is 5.98. The van der Waals surface area contributed by atoms with Crippen molar-refractivity contribution in [3.63, 3.8) is 0 Å². The van der Waals surface area contributed by atoms with Crippen LogP contribution in [0.1, 0.15) is 94.2 Å². The van der Waals surface area contributed by atoms with Gasteiger partial charge in [-0.05, 0) is 119 Å². The molecule has 14 heteroatoms. The summed E-state index contributed by atoms with van der Waals surface area (Å²) in [6, 6.07) is 3.96. The zero-order valence-corrected chi connectivity index (χ0v) is 32.2. The number of hydrogen-bond acceptors (Lipinski definition) is 10. The van der Waals surface area contributed by atoms with Gasteiger partial charge in [0.15, 0.2) is 0 Å². The molecule has 0 N–H and O–H groups in total. The van der Waals surface area contributed by atoms with E-state index in [0.717, 1.165) is 21.1 Å². The van der Waals surface area contributed by atoms with Crippen LogP contribution >= 0.6 is 15.9 Å². The summed E-state index contributed by atoms with van der Waals surface area (Å²) in [5, 5.41) is 0. The zero-order chi connectivity index (χ0) is 35.1. The number of halogens is 1. The smallest absolute Gasteiger partial charge is 0.481 e. The lowest BCUT2D eigenvalue weighted by molar-refractivity contribution is 0.00578. The van der Waals surface area contributed by atoms with Gasteiger partial charge in [-0.15, -0.1) is 0 Å². The minimum Gasteiger partial charge on any atom is -0.481 e. The topological polar surface area (TPSA) is 99.6 Å². The number of nitrogens with zero attached hydrogens (tertiary/aromatic N) is 2. The van der Waals surface area contributed by atoms with Crippen LogP contribution in [0.2, 0.25) is 0 Å². The molecule has 0 spiro atoms. The maximum Gasteiger partial charge on any atom is 0.496 e. The van der Waals surface area contributed by atoms with Gasteiger partial charge in [0.2, 0.25) is 11.8 Å². The Bertz CT molecular complexity index is 1290. The summed E-state index contributed by atoms with van der Waals surface area (Å²) in [4.78, 5) is 8.28. The molecule has 5 heterocycles. The van der Waals surface area contributed by atoms with Gasteiger partial charge in [0.05, 0.1) is 47.8 Å². The summed E-state index contributed by atoms with van der Waals surface area (Å²) in [6.07, 6.45) is 3.46. The van der Waals surface area contributed by atoms with Crippen LogP contribution in [0.4, 0.5) is 0 Å². The first kappa shape index (κ1) is 38.8. The van der Waals surface area contributed by atoms with E-state index in [2.05, 4.69) is 25.9 Å². The number of ether oxygens (including phenoxy) is 2. The average molecular weight is 705 g/mol. The SMILES string of the molecule is CC1(C)OB(B2OC(C)(C)C(C)(C)O2)OC1(C)C.COc1ncc(B2OC(C)(C)C(C)(C)O2)cc1C.COc1ncc(Br)cc1C. The largest absolute Gasteiger partial charge is 0.496 e. The van der Waals surface area contributed by atoms with Crippen molar-refractivity contribution in [3.8, 4) is 11.8 Å². The fourth-order valence-electron chi connectivity index (χ4n) is 4.65. The molecule has 0 atom stereocenters. The van der Waals surface area contributed by atoms with Crippen molar-refractivity contribution in [2.75, 3.05) is 14.2 Å². The summed E-state index contributed by atoms with van der Waals surface area (Å²) < 4.78 is 46.9. The molecule has 2 aromatic heterocycles. The Hall–Kier alpha value is -1.67. The van der Waals surface area contributed by atoms with Crippen LogP contribution in [0.3, 0.4) is 0 Å². The fourth-order valence-corrected chi connectivity index (χ4v) is 5.09. The molecule has 2 aromatic rings. The second-order valence-electron chi connectivity index (χ2n) is 14.9. The lowest BCUT2D eigenvalue weighted by Crippen LogP contribution is -2.41. The zero-order valence-electron chi connectivity index (χ0n) is 30.6. The number of hydrogen-bond donors (Lipinski definition) is 0. The quantitative estimate of drug-likeness (QED) is 0.347. The second kappa shape index (κ2) is 13.7. The van der Waals surface area contributed by atoms with Gasteiger partial charge >= 0.3 is 21.1 Å². The fraction of sp³-hybridized carbons (Fsp3) is 0.688. The van der Waals surface area contributed by atoms with Crippen LogP contribution in [0.15, 0.2) is 29.0 Å². The number of methoxy groups -OCH3 is 2. The highest BCUT2D eigenvalue weighted by atomic mass is 79.9. The highest BCUT2D eigenvalue weighted by Gasteiger charge is 2.63. The van der Waals surface area contributed by atoms with E-state index in [9.17, 15) is 0 Å². The van der Waals surface area contributed by atoms with E-state index < -0.39 is 14.0 Å². The van der Waals surface area contributed by atoms with Crippen molar-refractivity contribution in [1.82, 2.24) is 9.97 Å². The summed E-state index contributed by atoms with van der Waals surface area (Å²) in [5.41, 5.74) is 0.843. The predicted octanol–water partition coefficient (Wildman–Crippen LogP) is 6.11. The highest BCUT2D eigenvalue weighted by Crippen LogP contribution is 2.43. The minimum absolute atomic E-state index is 0.328. The summed E-state index contributed by atoms with van der Waals surface area (Å²) in [5.74, 6) is 1.32. The Morgan fingerprint density at radius 3 is 1.20 bits per heavy atom. The number of rotatable bonds is 4. The Morgan fingerprint density at radius 2 is 0.870 bits per heavy atom. The number of aryl methyl sites for hydroxylation is 2. The van der Waals surface area contributed by atoms with E-state index in [1.54, 1.807) is 26.6 Å². The Labute approximate surface area is 285 Å². The van der Waals surface area contributed by atoms with Crippen LogP contribution in [-0.4, -0.2) is 78.9 Å². The minimum atomic E-state index is -0.476. The van der Waals surface area contributed by atoms with Crippen LogP contribution in [0.25, 0.3) is 0 Å². The van der Waals surface area contributed by atoms with Gasteiger partial charge in [-0.25, -0.2) is 9.97 Å². The maximum atomic E-state index is 5.98. The molecule has 46 heavy (non-hydrogen) atoms. The lowest BCUT2D eigenvalue weighted by atomic mass is 9.49. The first-order chi connectivity index (χ1) is 20.9. The highest BCUT2D eigenvalue weighted by molar-refractivity contribution is 9.10. The lowest BCUT2D eigenvalue weighted by Gasteiger charge is -2.32. The summed E-state index contributed by atoms with van der Waals surface area (Å²) in [7, 11) is 1.91. The van der Waals surface area contributed by atoms with Crippen molar-refractivity contribution in [1.29, 1.82) is 0 Å². The van der Waals surface area contributed by atoms with Gasteiger partial charge in [0.25, 0.3) is 0 Å². The molecule has 254 valence electrons. The Morgan fingerprint density at radius 1 is 0.543 bits per heavy atom. The first-order valence-corrected chi connectivity index (χ1v) is 16.4. The van der Waals surface area contributed by atoms with Crippen molar-refractivity contribution in [2.24, 2.45) is 0 Å². The standard InChI is InChI=1S/C13H20BNO3.C12H24B2O4.C7H8BrNO/c1-9-7-10(8-15-11(9)16-6)14-17-12(2,3)13(4,5)18-14;1-9(2)10(3,4)16-13(15-9)14-17-11(5,6)12(7,8)18-14;1-5-3-6(8)4-9-7(5)10-2/h7-8H,1-6H3;1-8H3;3-4H,1-2H3. The second-order valence-corrected chi connectivity index (χ2v) is 15.8. The number of pyridine rings is 2. The van der Waals surface area contributed by atoms with Gasteiger partial charge in [0.1, 0.15) is 0 Å². The van der Waals surface area contributed by atoms with Gasteiger partial charge in [-0.3, -0.25) is 0 Å². The summed E-state index contributed by atoms with van der Waals surface area (Å²) in [6.45, 7) is 28.3. The molecule has 10 nitrogen and oxygen atoms in total. The van der Waals surface area contributed by atoms with Crippen LogP contribution < -0.4 is 14.9 Å². The van der Waals surface area contributed by atoms with Crippen molar-refractivity contribution < 1.29 is 37.4 Å². The van der Waals surface area contributed by atoms with E-state index in [1.807, 2.05) is 109 Å². The molecule has 3 saturated heterocycles. The van der Waals surface area contributed by atoms with Crippen molar-refractivity contribution in [2.45, 2.75) is 131 Å². The van der Waals surface area contributed by atoms with Crippen LogP contribution in [0, 0.1) is 13.8 Å². The molecule has 0 saturated carbocycles. The predicted molar refractivity (Wildman–Crippen MR) is 187 cm³/mol. The molecular formula is C32H52B3BrN2O8. The third kappa shape index (κ3) is 8.30. The third-order valence-electron chi connectivity index (χ3n) is 9.73. The average Bonchev–Trinajstić information content (AvgIpc) is 3.38. The molecule has 5 rings (SSSR count). The normalized spacial score (nSPS) is 22.8. The molecule has 0 aromatic carbocycles. The molecule has 0 aliphatic carbocycles. The van der Waals surface area contributed by atoms with E-state index in [1.165, 1.54) is 0 Å². The first-order valence-electron chi connectivity index (χ1n) is 15.6. The van der Waals surface area contributed by atoms with E-state index in [4.69, 9.17) is 37.4 Å². The van der Waals surface area contributed by atoms with Crippen LogP contribution in [0.5, 0.6) is 11.8 Å². The Kier molecular flexibility index (Phi) is 11.5. The monoisotopic (exact) mass is 704 g/mol. The van der Waals surface area contributed by atoms with E-state index >= 15 is 0 Å². The molecule has 3 aliphatic heterocycles.